The fourth-order valence-corrected chi connectivity index (χ4v) is 2.33. The Morgan fingerprint density at radius 1 is 1.46 bits per heavy atom. The van der Waals surface area contributed by atoms with E-state index in [1.54, 1.807) is 37.5 Å². The number of rotatable bonds is 5. The number of pyridine rings is 1. The molecular formula is C16H17N5O3. The quantitative estimate of drug-likeness (QED) is 0.692. The van der Waals surface area contributed by atoms with Gasteiger partial charge in [-0.1, -0.05) is 0 Å². The normalized spacial score (nSPS) is 12.1. The van der Waals surface area contributed by atoms with Crippen LogP contribution in [0.25, 0.3) is 5.65 Å². The molecule has 1 atom stereocenters. The van der Waals surface area contributed by atoms with Crippen molar-refractivity contribution in [3.63, 3.8) is 0 Å². The fourth-order valence-electron chi connectivity index (χ4n) is 2.33. The van der Waals surface area contributed by atoms with Crippen molar-refractivity contribution in [2.24, 2.45) is 0 Å². The third-order valence-corrected chi connectivity index (χ3v) is 3.46. The van der Waals surface area contributed by atoms with Gasteiger partial charge in [-0.2, -0.15) is 5.10 Å². The summed E-state index contributed by atoms with van der Waals surface area (Å²) in [7, 11) is 0. The molecule has 8 nitrogen and oxygen atoms in total. The molecule has 3 heterocycles. The lowest BCUT2D eigenvalue weighted by molar-refractivity contribution is 0.0528. The molecule has 0 amide bonds. The van der Waals surface area contributed by atoms with Gasteiger partial charge in [-0.15, -0.1) is 0 Å². The van der Waals surface area contributed by atoms with E-state index in [4.69, 9.17) is 4.74 Å². The van der Waals surface area contributed by atoms with Gasteiger partial charge < -0.3 is 15.2 Å². The molecule has 0 aliphatic heterocycles. The van der Waals surface area contributed by atoms with Crippen LogP contribution < -0.4 is 5.32 Å². The molecular weight excluding hydrogens is 310 g/mol. The summed E-state index contributed by atoms with van der Waals surface area (Å²) in [6.45, 7) is 3.88. The molecule has 0 spiro atoms. The van der Waals surface area contributed by atoms with Crippen molar-refractivity contribution in [2.45, 2.75) is 19.9 Å². The molecule has 8 heteroatoms. The van der Waals surface area contributed by atoms with Gasteiger partial charge in [-0.25, -0.2) is 14.3 Å². The summed E-state index contributed by atoms with van der Waals surface area (Å²) in [6, 6.07) is 4.70. The summed E-state index contributed by atoms with van der Waals surface area (Å²) >= 11 is 0. The van der Waals surface area contributed by atoms with E-state index >= 15 is 0 Å². The van der Waals surface area contributed by atoms with Crippen LogP contribution in [-0.4, -0.2) is 37.3 Å². The average Bonchev–Trinajstić information content (AvgIpc) is 2.98. The molecule has 3 aromatic heterocycles. The highest BCUT2D eigenvalue weighted by Gasteiger charge is 2.17. The molecule has 0 saturated carbocycles. The number of nitrogens with zero attached hydrogens (tertiary/aromatic N) is 4. The van der Waals surface area contributed by atoms with Crippen molar-refractivity contribution < 1.29 is 14.6 Å². The van der Waals surface area contributed by atoms with Crippen LogP contribution in [-0.2, 0) is 4.74 Å². The highest BCUT2D eigenvalue weighted by atomic mass is 16.5. The molecule has 3 aromatic rings. The maximum absolute atomic E-state index is 11.9. The SMILES string of the molecule is CCOC(=O)c1cnn2ccc(NC(C)c3ncccc3O)nc12. The van der Waals surface area contributed by atoms with E-state index in [0.717, 1.165) is 0 Å². The molecule has 2 N–H and O–H groups in total. The van der Waals surface area contributed by atoms with Gasteiger partial charge in [0.1, 0.15) is 22.8 Å². The van der Waals surface area contributed by atoms with Crippen LogP contribution in [0, 0.1) is 0 Å². The maximum Gasteiger partial charge on any atom is 0.343 e. The van der Waals surface area contributed by atoms with Gasteiger partial charge in [-0.05, 0) is 32.0 Å². The van der Waals surface area contributed by atoms with Crippen LogP contribution in [0.15, 0.2) is 36.8 Å². The second-order valence-corrected chi connectivity index (χ2v) is 5.13. The Balaban J connectivity index is 1.89. The summed E-state index contributed by atoms with van der Waals surface area (Å²) in [5, 5.41) is 17.1. The van der Waals surface area contributed by atoms with E-state index in [1.165, 1.54) is 10.7 Å². The Morgan fingerprint density at radius 2 is 2.29 bits per heavy atom. The van der Waals surface area contributed by atoms with Gasteiger partial charge in [-0.3, -0.25) is 4.98 Å². The van der Waals surface area contributed by atoms with Gasteiger partial charge >= 0.3 is 5.97 Å². The monoisotopic (exact) mass is 327 g/mol. The standard InChI is InChI=1S/C16H17N5O3/c1-3-24-16(23)11-9-18-21-8-6-13(20-15(11)21)19-10(2)14-12(22)5-4-7-17-14/h4-10,22H,3H2,1-2H3,(H,19,20). The lowest BCUT2D eigenvalue weighted by Gasteiger charge is -2.15. The number of esters is 1. The Labute approximate surface area is 138 Å². The van der Waals surface area contributed by atoms with E-state index in [0.29, 0.717) is 22.7 Å². The van der Waals surface area contributed by atoms with Crippen LogP contribution in [0.5, 0.6) is 5.75 Å². The van der Waals surface area contributed by atoms with Crippen molar-refractivity contribution in [3.8, 4) is 5.75 Å². The van der Waals surface area contributed by atoms with E-state index in [9.17, 15) is 9.90 Å². The molecule has 0 aliphatic carbocycles. The largest absolute Gasteiger partial charge is 0.506 e. The Morgan fingerprint density at radius 3 is 3.04 bits per heavy atom. The number of ether oxygens (including phenoxy) is 1. The molecule has 0 aromatic carbocycles. The van der Waals surface area contributed by atoms with Gasteiger partial charge in [0.05, 0.1) is 18.8 Å². The van der Waals surface area contributed by atoms with Crippen LogP contribution in [0.4, 0.5) is 5.82 Å². The van der Waals surface area contributed by atoms with Crippen molar-refractivity contribution in [1.29, 1.82) is 0 Å². The van der Waals surface area contributed by atoms with Crippen LogP contribution in [0.3, 0.4) is 0 Å². The smallest absolute Gasteiger partial charge is 0.343 e. The summed E-state index contributed by atoms with van der Waals surface area (Å²) in [4.78, 5) is 20.5. The predicted molar refractivity (Wildman–Crippen MR) is 86.9 cm³/mol. The van der Waals surface area contributed by atoms with E-state index in [-0.39, 0.29) is 18.4 Å². The first-order valence-corrected chi connectivity index (χ1v) is 7.52. The number of anilines is 1. The topological polar surface area (TPSA) is 102 Å². The third kappa shape index (κ3) is 2.98. The first-order valence-electron chi connectivity index (χ1n) is 7.52. The lowest BCUT2D eigenvalue weighted by Crippen LogP contribution is -2.11. The Bertz CT molecular complexity index is 877. The molecule has 0 bridgehead atoms. The number of hydrogen-bond acceptors (Lipinski definition) is 7. The zero-order valence-electron chi connectivity index (χ0n) is 13.3. The first kappa shape index (κ1) is 15.7. The van der Waals surface area contributed by atoms with Crippen molar-refractivity contribution in [2.75, 3.05) is 11.9 Å². The number of carbonyl (C=O) groups excluding carboxylic acids is 1. The number of hydrogen-bond donors (Lipinski definition) is 2. The summed E-state index contributed by atoms with van der Waals surface area (Å²) in [6.07, 6.45) is 4.73. The molecule has 0 radical (unpaired) electrons. The minimum Gasteiger partial charge on any atom is -0.506 e. The van der Waals surface area contributed by atoms with Crippen LogP contribution in [0.1, 0.15) is 35.9 Å². The van der Waals surface area contributed by atoms with Gasteiger partial charge in [0.15, 0.2) is 5.65 Å². The highest BCUT2D eigenvalue weighted by Crippen LogP contribution is 2.24. The number of aromatic nitrogens is 4. The molecule has 3 rings (SSSR count). The molecule has 0 fully saturated rings. The second kappa shape index (κ2) is 6.53. The van der Waals surface area contributed by atoms with E-state index in [2.05, 4.69) is 20.4 Å². The summed E-state index contributed by atoms with van der Waals surface area (Å²) in [5.41, 5.74) is 1.21. The predicted octanol–water partition coefficient (Wildman–Crippen LogP) is 2.18. The van der Waals surface area contributed by atoms with Crippen LogP contribution in [0.2, 0.25) is 0 Å². The number of carbonyl (C=O) groups is 1. The second-order valence-electron chi connectivity index (χ2n) is 5.13. The minimum absolute atomic E-state index is 0.107. The van der Waals surface area contributed by atoms with Crippen LogP contribution >= 0.6 is 0 Å². The molecule has 124 valence electrons. The number of nitrogens with one attached hydrogen (secondary N) is 1. The number of aromatic hydroxyl groups is 1. The van der Waals surface area contributed by atoms with Crippen molar-refractivity contribution >= 4 is 17.4 Å². The van der Waals surface area contributed by atoms with E-state index < -0.39 is 5.97 Å². The van der Waals surface area contributed by atoms with E-state index in [1.807, 2.05) is 6.92 Å². The van der Waals surface area contributed by atoms with Gasteiger partial charge in [0.2, 0.25) is 0 Å². The van der Waals surface area contributed by atoms with Gasteiger partial charge in [0, 0.05) is 12.4 Å². The Hall–Kier alpha value is -3.16. The molecule has 1 unspecified atom stereocenters. The van der Waals surface area contributed by atoms with Crippen molar-refractivity contribution in [1.82, 2.24) is 19.6 Å². The average molecular weight is 327 g/mol. The number of fused-ring (bicyclic) bond motifs is 1. The maximum atomic E-state index is 11.9. The highest BCUT2D eigenvalue weighted by molar-refractivity contribution is 5.95. The zero-order chi connectivity index (χ0) is 17.1. The zero-order valence-corrected chi connectivity index (χ0v) is 13.3. The Kier molecular flexibility index (Phi) is 4.28. The third-order valence-electron chi connectivity index (χ3n) is 3.46. The molecule has 0 saturated heterocycles. The summed E-state index contributed by atoms with van der Waals surface area (Å²) < 4.78 is 6.50. The first-order chi connectivity index (χ1) is 11.6. The van der Waals surface area contributed by atoms with Gasteiger partial charge in [0.25, 0.3) is 0 Å². The molecule has 24 heavy (non-hydrogen) atoms. The minimum atomic E-state index is -0.465. The lowest BCUT2D eigenvalue weighted by atomic mass is 10.2. The fraction of sp³-hybridized carbons (Fsp3) is 0.250. The molecule has 0 aliphatic rings. The van der Waals surface area contributed by atoms with Crippen molar-refractivity contribution in [3.05, 3.63) is 48.0 Å². The summed E-state index contributed by atoms with van der Waals surface area (Å²) in [5.74, 6) is 0.175.